The molecule has 0 bridgehead atoms. The van der Waals surface area contributed by atoms with Crippen molar-refractivity contribution < 1.29 is 18.0 Å². The topological polar surface area (TPSA) is 32.3 Å². The molecular formula is C17H19F3N2OS. The number of rotatable bonds is 6. The number of amides is 1. The number of hydrogen-bond acceptors (Lipinski definition) is 3. The third kappa shape index (κ3) is 4.82. The monoisotopic (exact) mass is 356 g/mol. The van der Waals surface area contributed by atoms with Crippen LogP contribution in [-0.4, -0.2) is 23.4 Å². The van der Waals surface area contributed by atoms with E-state index in [1.807, 2.05) is 29.3 Å². The number of anilines is 1. The zero-order valence-corrected chi connectivity index (χ0v) is 14.2. The molecule has 0 radical (unpaired) electrons. The number of benzene rings is 1. The summed E-state index contributed by atoms with van der Waals surface area (Å²) >= 11 is 1.62. The molecule has 130 valence electrons. The lowest BCUT2D eigenvalue weighted by Crippen LogP contribution is -2.41. The van der Waals surface area contributed by atoms with Crippen molar-refractivity contribution in [2.75, 3.05) is 11.9 Å². The van der Waals surface area contributed by atoms with E-state index in [0.717, 1.165) is 17.0 Å². The van der Waals surface area contributed by atoms with Crippen LogP contribution in [0.5, 0.6) is 0 Å². The second-order valence-electron chi connectivity index (χ2n) is 5.38. The number of likely N-dealkylation sites (N-methyl/N-ethyl adjacent to an activating group) is 1. The van der Waals surface area contributed by atoms with Gasteiger partial charge < -0.3 is 5.32 Å². The lowest BCUT2D eigenvalue weighted by molar-refractivity contribution is -0.137. The average Bonchev–Trinajstić information content (AvgIpc) is 3.04. The van der Waals surface area contributed by atoms with Crippen LogP contribution >= 0.6 is 11.3 Å². The van der Waals surface area contributed by atoms with Crippen LogP contribution in [0.2, 0.25) is 0 Å². The van der Waals surface area contributed by atoms with Crippen LogP contribution < -0.4 is 5.32 Å². The standard InChI is InChI=1S/C17H19F3N2OS/c1-3-22(11-15-5-4-10-24-15)12(2)16(23)21-14-8-6-13(7-9-14)17(18,19)20/h4-10,12H,3,11H2,1-2H3,(H,21,23)/t12-/m1/s1. The second-order valence-corrected chi connectivity index (χ2v) is 6.42. The van der Waals surface area contributed by atoms with Gasteiger partial charge in [-0.2, -0.15) is 13.2 Å². The Kier molecular flexibility index (Phi) is 6.01. The SMILES string of the molecule is CCN(Cc1cccs1)[C@H](C)C(=O)Nc1ccc(C(F)(F)F)cc1. The Labute approximate surface area is 143 Å². The molecule has 0 aliphatic carbocycles. The number of thiophene rings is 1. The molecule has 1 atom stereocenters. The fraction of sp³-hybridized carbons (Fsp3) is 0.353. The maximum absolute atomic E-state index is 12.5. The molecule has 1 aromatic carbocycles. The summed E-state index contributed by atoms with van der Waals surface area (Å²) in [5.74, 6) is -0.242. The average molecular weight is 356 g/mol. The molecule has 2 rings (SSSR count). The maximum Gasteiger partial charge on any atom is 0.416 e. The minimum Gasteiger partial charge on any atom is -0.325 e. The van der Waals surface area contributed by atoms with Crippen LogP contribution in [-0.2, 0) is 17.5 Å². The Bertz CT molecular complexity index is 653. The summed E-state index contributed by atoms with van der Waals surface area (Å²) in [7, 11) is 0. The Morgan fingerprint density at radius 1 is 1.25 bits per heavy atom. The lowest BCUT2D eigenvalue weighted by Gasteiger charge is -2.26. The first-order valence-corrected chi connectivity index (χ1v) is 8.43. The summed E-state index contributed by atoms with van der Waals surface area (Å²) in [6.07, 6.45) is -4.38. The number of carbonyl (C=O) groups is 1. The number of carbonyl (C=O) groups excluding carboxylic acids is 1. The van der Waals surface area contributed by atoms with Crippen molar-refractivity contribution in [1.82, 2.24) is 4.90 Å². The molecule has 0 aliphatic rings. The van der Waals surface area contributed by atoms with Gasteiger partial charge in [0, 0.05) is 17.1 Å². The van der Waals surface area contributed by atoms with Crippen LogP contribution in [0.3, 0.4) is 0 Å². The quantitative estimate of drug-likeness (QED) is 0.819. The van der Waals surface area contributed by atoms with Crippen LogP contribution in [0.25, 0.3) is 0 Å². The first-order chi connectivity index (χ1) is 11.3. The third-order valence-corrected chi connectivity index (χ3v) is 4.61. The van der Waals surface area contributed by atoms with E-state index in [4.69, 9.17) is 0 Å². The van der Waals surface area contributed by atoms with Crippen LogP contribution in [0.4, 0.5) is 18.9 Å². The van der Waals surface area contributed by atoms with Crippen LogP contribution in [0.15, 0.2) is 41.8 Å². The molecule has 24 heavy (non-hydrogen) atoms. The highest BCUT2D eigenvalue weighted by atomic mass is 32.1. The molecule has 0 aliphatic heterocycles. The van der Waals surface area contributed by atoms with Crippen molar-refractivity contribution in [3.63, 3.8) is 0 Å². The van der Waals surface area contributed by atoms with Gasteiger partial charge in [0.05, 0.1) is 11.6 Å². The summed E-state index contributed by atoms with van der Waals surface area (Å²) in [5.41, 5.74) is -0.381. The van der Waals surface area contributed by atoms with E-state index in [2.05, 4.69) is 5.32 Å². The van der Waals surface area contributed by atoms with Gasteiger partial charge in [0.2, 0.25) is 5.91 Å². The van der Waals surface area contributed by atoms with Crippen LogP contribution in [0.1, 0.15) is 24.3 Å². The minimum absolute atomic E-state index is 0.242. The lowest BCUT2D eigenvalue weighted by atomic mass is 10.2. The molecule has 1 aromatic heterocycles. The molecule has 7 heteroatoms. The first kappa shape index (κ1) is 18.5. The normalized spacial score (nSPS) is 13.1. The van der Waals surface area contributed by atoms with E-state index >= 15 is 0 Å². The van der Waals surface area contributed by atoms with Crippen molar-refractivity contribution in [2.24, 2.45) is 0 Å². The largest absolute Gasteiger partial charge is 0.416 e. The van der Waals surface area contributed by atoms with Gasteiger partial charge in [0.1, 0.15) is 0 Å². The van der Waals surface area contributed by atoms with Gasteiger partial charge in [-0.3, -0.25) is 9.69 Å². The molecular weight excluding hydrogens is 337 g/mol. The van der Waals surface area contributed by atoms with Crippen LogP contribution in [0, 0.1) is 0 Å². The van der Waals surface area contributed by atoms with Crippen molar-refractivity contribution in [3.05, 3.63) is 52.2 Å². The minimum atomic E-state index is -4.38. The van der Waals surface area contributed by atoms with E-state index in [1.165, 1.54) is 12.1 Å². The van der Waals surface area contributed by atoms with Crippen molar-refractivity contribution in [1.29, 1.82) is 0 Å². The fourth-order valence-electron chi connectivity index (χ4n) is 2.28. The third-order valence-electron chi connectivity index (χ3n) is 3.75. The van der Waals surface area contributed by atoms with Gasteiger partial charge in [-0.1, -0.05) is 13.0 Å². The highest BCUT2D eigenvalue weighted by Crippen LogP contribution is 2.29. The molecule has 0 saturated heterocycles. The summed E-state index contributed by atoms with van der Waals surface area (Å²) in [4.78, 5) is 15.5. The van der Waals surface area contributed by atoms with E-state index in [9.17, 15) is 18.0 Å². The Morgan fingerprint density at radius 3 is 2.42 bits per heavy atom. The zero-order valence-electron chi connectivity index (χ0n) is 13.4. The highest BCUT2D eigenvalue weighted by molar-refractivity contribution is 7.09. The summed E-state index contributed by atoms with van der Waals surface area (Å²) in [6, 6.07) is 8.03. The Balaban J connectivity index is 1.99. The molecule has 1 amide bonds. The molecule has 0 fully saturated rings. The summed E-state index contributed by atoms with van der Waals surface area (Å²) < 4.78 is 37.6. The molecule has 1 N–H and O–H groups in total. The molecule has 1 heterocycles. The fourth-order valence-corrected chi connectivity index (χ4v) is 3.01. The molecule has 0 unspecified atom stereocenters. The van der Waals surface area contributed by atoms with E-state index < -0.39 is 11.7 Å². The van der Waals surface area contributed by atoms with Gasteiger partial charge in [0.25, 0.3) is 0 Å². The number of halogens is 3. The molecule has 2 aromatic rings. The van der Waals surface area contributed by atoms with E-state index in [0.29, 0.717) is 18.8 Å². The van der Waals surface area contributed by atoms with Gasteiger partial charge in [-0.25, -0.2) is 0 Å². The van der Waals surface area contributed by atoms with Gasteiger partial charge in [-0.05, 0) is 49.2 Å². The number of nitrogens with zero attached hydrogens (tertiary/aromatic N) is 1. The molecule has 0 saturated carbocycles. The Hall–Kier alpha value is -1.86. The molecule has 0 spiro atoms. The second kappa shape index (κ2) is 7.81. The van der Waals surface area contributed by atoms with Crippen molar-refractivity contribution in [3.8, 4) is 0 Å². The van der Waals surface area contributed by atoms with Gasteiger partial charge >= 0.3 is 6.18 Å². The van der Waals surface area contributed by atoms with Gasteiger partial charge in [-0.15, -0.1) is 11.3 Å². The van der Waals surface area contributed by atoms with Crippen molar-refractivity contribution >= 4 is 22.9 Å². The Morgan fingerprint density at radius 2 is 1.92 bits per heavy atom. The number of hydrogen-bond donors (Lipinski definition) is 1. The number of alkyl halides is 3. The van der Waals surface area contributed by atoms with Gasteiger partial charge in [0.15, 0.2) is 0 Å². The maximum atomic E-state index is 12.5. The highest BCUT2D eigenvalue weighted by Gasteiger charge is 2.30. The first-order valence-electron chi connectivity index (χ1n) is 7.55. The predicted molar refractivity (Wildman–Crippen MR) is 89.9 cm³/mol. The summed E-state index contributed by atoms with van der Waals surface area (Å²) in [6.45, 7) is 5.11. The molecule has 3 nitrogen and oxygen atoms in total. The van der Waals surface area contributed by atoms with E-state index in [-0.39, 0.29) is 11.9 Å². The smallest absolute Gasteiger partial charge is 0.325 e. The predicted octanol–water partition coefficient (Wildman–Crippen LogP) is 4.62. The zero-order chi connectivity index (χ0) is 17.7. The van der Waals surface area contributed by atoms with Crippen molar-refractivity contribution in [2.45, 2.75) is 32.6 Å². The summed E-state index contributed by atoms with van der Waals surface area (Å²) in [5, 5.41) is 4.65. The van der Waals surface area contributed by atoms with E-state index in [1.54, 1.807) is 18.3 Å². The number of nitrogens with one attached hydrogen (secondary N) is 1.